The van der Waals surface area contributed by atoms with E-state index in [-0.39, 0.29) is 5.91 Å². The fourth-order valence-corrected chi connectivity index (χ4v) is 3.31. The first kappa shape index (κ1) is 16.6. The number of pyridine rings is 1. The Labute approximate surface area is 157 Å². The van der Waals surface area contributed by atoms with Gasteiger partial charge in [0.25, 0.3) is 5.91 Å². The summed E-state index contributed by atoms with van der Waals surface area (Å²) in [6.07, 6.45) is 3.81. The molecule has 5 heteroatoms. The van der Waals surface area contributed by atoms with Gasteiger partial charge in [-0.1, -0.05) is 29.8 Å². The number of hydrogen-bond acceptors (Lipinski definition) is 3. The largest absolute Gasteiger partial charge is 0.326 e. The molecule has 1 aliphatic heterocycles. The monoisotopic (exact) mass is 363 g/mol. The van der Waals surface area contributed by atoms with Gasteiger partial charge < -0.3 is 10.2 Å². The average Bonchev–Trinajstić information content (AvgIpc) is 2.69. The maximum Gasteiger partial charge on any atom is 0.257 e. The Bertz CT molecular complexity index is 923. The molecular weight excluding hydrogens is 346 g/mol. The Balaban J connectivity index is 1.52. The number of hydrogen-bond donors (Lipinski definition) is 1. The van der Waals surface area contributed by atoms with Gasteiger partial charge in [-0.05, 0) is 60.9 Å². The predicted molar refractivity (Wildman–Crippen MR) is 105 cm³/mol. The third-order valence-corrected chi connectivity index (χ3v) is 4.75. The first-order chi connectivity index (χ1) is 12.7. The predicted octanol–water partition coefficient (Wildman–Crippen LogP) is 5.07. The van der Waals surface area contributed by atoms with E-state index in [1.807, 2.05) is 18.2 Å². The van der Waals surface area contributed by atoms with Crippen LogP contribution in [0.2, 0.25) is 5.02 Å². The number of nitrogens with zero attached hydrogens (tertiary/aromatic N) is 2. The number of carbonyl (C=O) groups is 1. The Morgan fingerprint density at radius 3 is 2.62 bits per heavy atom. The highest BCUT2D eigenvalue weighted by molar-refractivity contribution is 6.30. The zero-order chi connectivity index (χ0) is 17.9. The first-order valence-corrected chi connectivity index (χ1v) is 8.97. The number of para-hydroxylation sites is 1. The smallest absolute Gasteiger partial charge is 0.257 e. The molecule has 1 aliphatic rings. The quantitative estimate of drug-likeness (QED) is 0.706. The zero-order valence-electron chi connectivity index (χ0n) is 14.2. The van der Waals surface area contributed by atoms with Crippen LogP contribution in [0.15, 0.2) is 66.9 Å². The van der Waals surface area contributed by atoms with Crippen molar-refractivity contribution in [2.45, 2.75) is 12.8 Å². The molecule has 1 amide bonds. The number of benzene rings is 2. The van der Waals surface area contributed by atoms with Crippen LogP contribution in [0, 0.1) is 0 Å². The van der Waals surface area contributed by atoms with E-state index < -0.39 is 0 Å². The standard InChI is InChI=1S/C21H18ClN3O/c22-17-8-10-18(11-9-17)24-21(26)16-7-12-20(23-14-16)25-13-3-5-15-4-1-2-6-19(15)25/h1-2,4,6-12,14H,3,5,13H2,(H,24,26). The molecule has 0 radical (unpaired) electrons. The van der Waals surface area contributed by atoms with Crippen LogP contribution < -0.4 is 10.2 Å². The summed E-state index contributed by atoms with van der Waals surface area (Å²) in [6, 6.07) is 19.1. The molecule has 130 valence electrons. The van der Waals surface area contributed by atoms with E-state index in [1.54, 1.807) is 30.5 Å². The van der Waals surface area contributed by atoms with Crippen molar-refractivity contribution in [2.24, 2.45) is 0 Å². The van der Waals surface area contributed by atoms with Crippen molar-refractivity contribution in [3.8, 4) is 0 Å². The third-order valence-electron chi connectivity index (χ3n) is 4.50. The summed E-state index contributed by atoms with van der Waals surface area (Å²) >= 11 is 5.87. The first-order valence-electron chi connectivity index (χ1n) is 8.59. The second-order valence-electron chi connectivity index (χ2n) is 6.25. The summed E-state index contributed by atoms with van der Waals surface area (Å²) in [5.74, 6) is 0.672. The fourth-order valence-electron chi connectivity index (χ4n) is 3.19. The van der Waals surface area contributed by atoms with Crippen LogP contribution in [0.4, 0.5) is 17.2 Å². The number of fused-ring (bicyclic) bond motifs is 1. The van der Waals surface area contributed by atoms with Crippen LogP contribution in [0.5, 0.6) is 0 Å². The molecule has 0 fully saturated rings. The topological polar surface area (TPSA) is 45.2 Å². The van der Waals surface area contributed by atoms with Crippen molar-refractivity contribution in [1.82, 2.24) is 4.98 Å². The fraction of sp³-hybridized carbons (Fsp3) is 0.143. The molecule has 0 spiro atoms. The number of halogens is 1. The van der Waals surface area contributed by atoms with Gasteiger partial charge in [-0.25, -0.2) is 4.98 Å². The lowest BCUT2D eigenvalue weighted by atomic mass is 10.0. The van der Waals surface area contributed by atoms with Crippen molar-refractivity contribution in [1.29, 1.82) is 0 Å². The molecule has 2 heterocycles. The highest BCUT2D eigenvalue weighted by Gasteiger charge is 2.19. The van der Waals surface area contributed by atoms with Crippen LogP contribution in [-0.2, 0) is 6.42 Å². The number of amides is 1. The van der Waals surface area contributed by atoms with Crippen LogP contribution in [0.3, 0.4) is 0 Å². The lowest BCUT2D eigenvalue weighted by molar-refractivity contribution is 0.102. The molecule has 4 rings (SSSR count). The van der Waals surface area contributed by atoms with E-state index in [1.165, 1.54) is 11.3 Å². The molecule has 2 aromatic carbocycles. The summed E-state index contributed by atoms with van der Waals surface area (Å²) in [7, 11) is 0. The van der Waals surface area contributed by atoms with Crippen molar-refractivity contribution >= 4 is 34.7 Å². The van der Waals surface area contributed by atoms with Crippen molar-refractivity contribution in [3.05, 3.63) is 83.0 Å². The van der Waals surface area contributed by atoms with E-state index in [2.05, 4.69) is 33.4 Å². The Kier molecular flexibility index (Phi) is 4.59. The summed E-state index contributed by atoms with van der Waals surface area (Å²) in [4.78, 5) is 19.1. The summed E-state index contributed by atoms with van der Waals surface area (Å²) in [5, 5.41) is 3.48. The molecule has 0 atom stereocenters. The van der Waals surface area contributed by atoms with Gasteiger partial charge in [0.15, 0.2) is 0 Å². The SMILES string of the molecule is O=C(Nc1ccc(Cl)cc1)c1ccc(N2CCCc3ccccc32)nc1. The Morgan fingerprint density at radius 1 is 1.04 bits per heavy atom. The maximum absolute atomic E-state index is 12.4. The van der Waals surface area contributed by atoms with Crippen molar-refractivity contribution in [2.75, 3.05) is 16.8 Å². The van der Waals surface area contributed by atoms with Gasteiger partial charge in [0.1, 0.15) is 5.82 Å². The highest BCUT2D eigenvalue weighted by Crippen LogP contribution is 2.32. The molecule has 0 unspecified atom stereocenters. The molecule has 1 aromatic heterocycles. The lowest BCUT2D eigenvalue weighted by Crippen LogP contribution is -2.25. The summed E-state index contributed by atoms with van der Waals surface area (Å²) in [5.41, 5.74) is 3.76. The third kappa shape index (κ3) is 3.41. The minimum atomic E-state index is -0.189. The van der Waals surface area contributed by atoms with Gasteiger partial charge in [-0.2, -0.15) is 0 Å². The number of carbonyl (C=O) groups excluding carboxylic acids is 1. The zero-order valence-corrected chi connectivity index (χ0v) is 14.9. The van der Waals surface area contributed by atoms with Crippen molar-refractivity contribution in [3.63, 3.8) is 0 Å². The van der Waals surface area contributed by atoms with Gasteiger partial charge in [-0.15, -0.1) is 0 Å². The molecule has 4 nitrogen and oxygen atoms in total. The second kappa shape index (κ2) is 7.18. The van der Waals surface area contributed by atoms with E-state index in [9.17, 15) is 4.79 Å². The molecule has 0 aliphatic carbocycles. The minimum absolute atomic E-state index is 0.189. The van der Waals surface area contributed by atoms with Gasteiger partial charge in [0, 0.05) is 29.1 Å². The van der Waals surface area contributed by atoms with Gasteiger partial charge in [-0.3, -0.25) is 4.79 Å². The van der Waals surface area contributed by atoms with Crippen LogP contribution >= 0.6 is 11.6 Å². The Hall–Kier alpha value is -2.85. The molecule has 0 saturated carbocycles. The van der Waals surface area contributed by atoms with Gasteiger partial charge >= 0.3 is 0 Å². The molecule has 0 saturated heterocycles. The van der Waals surface area contributed by atoms with E-state index in [4.69, 9.17) is 11.6 Å². The lowest BCUT2D eigenvalue weighted by Gasteiger charge is -2.30. The minimum Gasteiger partial charge on any atom is -0.326 e. The van der Waals surface area contributed by atoms with Crippen LogP contribution in [-0.4, -0.2) is 17.4 Å². The number of aryl methyl sites for hydroxylation is 1. The molecule has 0 bridgehead atoms. The second-order valence-corrected chi connectivity index (χ2v) is 6.69. The number of anilines is 3. The van der Waals surface area contributed by atoms with E-state index >= 15 is 0 Å². The maximum atomic E-state index is 12.4. The van der Waals surface area contributed by atoms with E-state index in [0.717, 1.165) is 25.2 Å². The molecular formula is C21H18ClN3O. The number of aromatic nitrogens is 1. The average molecular weight is 364 g/mol. The Morgan fingerprint density at radius 2 is 1.85 bits per heavy atom. The molecule has 1 N–H and O–H groups in total. The van der Waals surface area contributed by atoms with Gasteiger partial charge in [0.05, 0.1) is 5.56 Å². The van der Waals surface area contributed by atoms with Crippen LogP contribution in [0.25, 0.3) is 0 Å². The molecule has 26 heavy (non-hydrogen) atoms. The number of rotatable bonds is 3. The highest BCUT2D eigenvalue weighted by atomic mass is 35.5. The van der Waals surface area contributed by atoms with E-state index in [0.29, 0.717) is 16.3 Å². The number of nitrogens with one attached hydrogen (secondary N) is 1. The van der Waals surface area contributed by atoms with Gasteiger partial charge in [0.2, 0.25) is 0 Å². The van der Waals surface area contributed by atoms with Crippen molar-refractivity contribution < 1.29 is 4.79 Å². The summed E-state index contributed by atoms with van der Waals surface area (Å²) < 4.78 is 0. The molecule has 3 aromatic rings. The van der Waals surface area contributed by atoms with Crippen LogP contribution in [0.1, 0.15) is 22.3 Å². The normalized spacial score (nSPS) is 13.2. The summed E-state index contributed by atoms with van der Waals surface area (Å²) in [6.45, 7) is 0.931.